The highest BCUT2D eigenvalue weighted by atomic mass is 16.6. The lowest BCUT2D eigenvalue weighted by Crippen LogP contribution is -2.50. The first kappa shape index (κ1) is 79.2. The topological polar surface area (TPSA) is 407 Å². The number of rotatable bonds is 10. The Kier molecular flexibility index (Phi) is 26.3. The van der Waals surface area contributed by atoms with Gasteiger partial charge in [-0.25, -0.2) is 45.0 Å². The molecule has 6 aromatic rings. The fourth-order valence-electron chi connectivity index (χ4n) is 7.97. The van der Waals surface area contributed by atoms with Crippen LogP contribution in [0.25, 0.3) is 33.4 Å². The molecule has 0 fully saturated rings. The van der Waals surface area contributed by atoms with Gasteiger partial charge in [-0.2, -0.15) is 30.8 Å². The molecule has 0 aliphatic rings. The molecule has 30 nitrogen and oxygen atoms in total. The molecule has 0 aliphatic carbocycles. The molecule has 7 N–H and O–H groups in total. The Labute approximate surface area is 575 Å². The van der Waals surface area contributed by atoms with Gasteiger partial charge in [-0.1, -0.05) is 30.8 Å². The SMILES string of the molecule is C=C(NC)Nc1ccc(-c2cncc(N(NC(=O)OC(C)(C)C)C(=O)OC(C)(C)C)c2C#N)cc1.CC(C)(C)OC(=O)NN(C(=O)OC(C)(C)C)c1cncc(-c2ccc(N)cc2)c1C#N.CC(C)(C)OC(=O)NN(C(=O)OC(C)(C)C)c1cncc(-c2ccc([N+](=O)[O-])cc2)c1C#N. The van der Waals surface area contributed by atoms with E-state index in [-0.39, 0.29) is 39.4 Å². The van der Waals surface area contributed by atoms with Gasteiger partial charge in [-0.3, -0.25) is 25.1 Å². The van der Waals surface area contributed by atoms with Crippen molar-refractivity contribution in [3.05, 3.63) is 149 Å². The predicted octanol–water partition coefficient (Wildman–Crippen LogP) is 14.0. The summed E-state index contributed by atoms with van der Waals surface area (Å²) in [5.74, 6) is 0.625. The van der Waals surface area contributed by atoms with E-state index in [1.807, 2.05) is 18.2 Å². The molecule has 0 unspecified atom stereocenters. The number of hydrogen-bond acceptors (Lipinski definition) is 23. The number of hydrazine groups is 3. The Morgan fingerprint density at radius 2 is 0.717 bits per heavy atom. The van der Waals surface area contributed by atoms with Crippen LogP contribution in [-0.4, -0.2) is 97.1 Å². The van der Waals surface area contributed by atoms with Crippen LogP contribution >= 0.6 is 0 Å². The lowest BCUT2D eigenvalue weighted by atomic mass is 10.0. The monoisotopic (exact) mass is 1360 g/mol. The van der Waals surface area contributed by atoms with Crippen molar-refractivity contribution in [1.29, 1.82) is 15.8 Å². The third kappa shape index (κ3) is 25.4. The number of benzene rings is 3. The third-order valence-electron chi connectivity index (χ3n) is 11.8. The molecule has 6 amide bonds. The van der Waals surface area contributed by atoms with E-state index in [1.165, 1.54) is 61.4 Å². The van der Waals surface area contributed by atoms with Gasteiger partial charge in [0, 0.05) is 65.8 Å². The average Bonchev–Trinajstić information content (AvgIpc) is 0.805. The minimum Gasteiger partial charge on any atom is -0.443 e. The standard InChI is InChI=1S/C25H32N6O4.C22H25N5O6.C22H27N5O4/c1-16(27-8)29-18-11-9-17(10-12-18)20-14-28-15-21(19(20)13-26)31(23(33)35-25(5,6)7)30-22(32)34-24(2,3)4;1-21(2,3)32-19(28)25-26(20(29)33-22(4,5)6)18-13-24-12-17(16(18)11-23)14-7-9-15(10-8-14)27(30)31;1-21(2,3)30-19(28)26-27(20(29)31-22(4,5)6)18-13-25-12-17(16(18)11-23)14-7-9-15(24)10-8-14/h9-12,14-15,27,29H,1H2,2-8H3,(H,30,32);7-10,12-13H,1-6H3,(H,25,28);7-10,12-13H,24H2,1-6H3,(H,26,28). The minimum atomic E-state index is -0.965. The number of nitro benzene ring substituents is 1. The first-order valence-corrected chi connectivity index (χ1v) is 30.3. The molecule has 524 valence electrons. The number of nitro groups is 1. The van der Waals surface area contributed by atoms with Gasteiger partial charge in [0.1, 0.15) is 68.9 Å². The lowest BCUT2D eigenvalue weighted by molar-refractivity contribution is -0.384. The number of nitrogens with one attached hydrogen (secondary N) is 5. The molecule has 0 saturated carbocycles. The molecule has 3 aromatic carbocycles. The van der Waals surface area contributed by atoms with Crippen LogP contribution in [0.3, 0.4) is 0 Å². The molecule has 0 bridgehead atoms. The first-order valence-electron chi connectivity index (χ1n) is 30.3. The van der Waals surface area contributed by atoms with Gasteiger partial charge in [0.15, 0.2) is 0 Å². The predicted molar refractivity (Wildman–Crippen MR) is 370 cm³/mol. The van der Waals surface area contributed by atoms with Gasteiger partial charge in [-0.05, 0) is 178 Å². The summed E-state index contributed by atoms with van der Waals surface area (Å²) < 4.78 is 32.0. The van der Waals surface area contributed by atoms with Crippen LogP contribution < -0.4 is 47.7 Å². The highest BCUT2D eigenvalue weighted by molar-refractivity contribution is 5.96. The van der Waals surface area contributed by atoms with Gasteiger partial charge in [-0.15, -0.1) is 0 Å². The molecule has 0 aliphatic heterocycles. The molecule has 3 aromatic heterocycles. The van der Waals surface area contributed by atoms with Crippen molar-refractivity contribution in [3.8, 4) is 51.6 Å². The number of anilines is 5. The summed E-state index contributed by atoms with van der Waals surface area (Å²) in [6, 6.07) is 25.8. The molecular weight excluding hydrogens is 1280 g/mol. The normalized spacial score (nSPS) is 11.2. The molecule has 0 radical (unpaired) electrons. The van der Waals surface area contributed by atoms with Crippen molar-refractivity contribution in [3.63, 3.8) is 0 Å². The number of pyridine rings is 3. The Balaban J connectivity index is 0.000000316. The van der Waals surface area contributed by atoms with Crippen LogP contribution in [0.5, 0.6) is 0 Å². The van der Waals surface area contributed by atoms with Crippen molar-refractivity contribution >= 4 is 70.7 Å². The fourth-order valence-corrected chi connectivity index (χ4v) is 7.97. The molecular formula is C69H84N16O14. The number of nitrogen functional groups attached to an aromatic ring is 1. The molecule has 0 saturated heterocycles. The summed E-state index contributed by atoms with van der Waals surface area (Å²) in [5.41, 5.74) is 12.2. The maximum Gasteiger partial charge on any atom is 0.434 e. The Bertz CT molecular complexity index is 4050. The number of nitrogens with two attached hydrogens (primary N) is 1. The van der Waals surface area contributed by atoms with Gasteiger partial charge in [0.2, 0.25) is 0 Å². The van der Waals surface area contributed by atoms with Gasteiger partial charge < -0.3 is 44.8 Å². The zero-order valence-corrected chi connectivity index (χ0v) is 58.9. The smallest absolute Gasteiger partial charge is 0.434 e. The minimum absolute atomic E-state index is 0.0132. The largest absolute Gasteiger partial charge is 0.443 e. The van der Waals surface area contributed by atoms with E-state index in [0.29, 0.717) is 44.9 Å². The molecule has 0 atom stereocenters. The second-order valence-electron chi connectivity index (χ2n) is 27.2. The first-order chi connectivity index (χ1) is 45.8. The number of nitrogens with zero attached hydrogens (tertiary/aromatic N) is 10. The zero-order valence-electron chi connectivity index (χ0n) is 58.9. The van der Waals surface area contributed by atoms with Crippen molar-refractivity contribution in [2.45, 2.75) is 158 Å². The molecule has 3 heterocycles. The summed E-state index contributed by atoms with van der Waals surface area (Å²) in [5, 5.41) is 49.1. The zero-order chi connectivity index (χ0) is 74.8. The van der Waals surface area contributed by atoms with Crippen LogP contribution in [0.1, 0.15) is 141 Å². The van der Waals surface area contributed by atoms with Crippen molar-refractivity contribution in [2.75, 3.05) is 33.1 Å². The van der Waals surface area contributed by atoms with Gasteiger partial charge >= 0.3 is 36.6 Å². The number of carbonyl (C=O) groups is 6. The number of aromatic nitrogens is 3. The fraction of sp³-hybridized carbons (Fsp3) is 0.362. The van der Waals surface area contributed by atoms with Gasteiger partial charge in [0.05, 0.1) is 46.0 Å². The van der Waals surface area contributed by atoms with Crippen LogP contribution in [0, 0.1) is 44.1 Å². The summed E-state index contributed by atoms with van der Waals surface area (Å²) in [6.45, 7) is 34.0. The van der Waals surface area contributed by atoms with Crippen LogP contribution in [0.2, 0.25) is 0 Å². The lowest BCUT2D eigenvalue weighted by Gasteiger charge is -2.29. The average molecular weight is 1360 g/mol. The third-order valence-corrected chi connectivity index (χ3v) is 11.8. The van der Waals surface area contributed by atoms with E-state index in [4.69, 9.17) is 34.2 Å². The van der Waals surface area contributed by atoms with Gasteiger partial charge in [0.25, 0.3) is 5.69 Å². The van der Waals surface area contributed by atoms with Crippen molar-refractivity contribution in [2.24, 2.45) is 0 Å². The van der Waals surface area contributed by atoms with E-state index in [9.17, 15) is 54.7 Å². The number of hydrogen-bond donors (Lipinski definition) is 6. The van der Waals surface area contributed by atoms with E-state index in [1.54, 1.807) is 168 Å². The highest BCUT2D eigenvalue weighted by Gasteiger charge is 2.34. The van der Waals surface area contributed by atoms with Crippen molar-refractivity contribution in [1.82, 2.24) is 36.5 Å². The summed E-state index contributed by atoms with van der Waals surface area (Å²) in [4.78, 5) is 99.0. The summed E-state index contributed by atoms with van der Waals surface area (Å²) >= 11 is 0. The second-order valence-corrected chi connectivity index (χ2v) is 27.2. The van der Waals surface area contributed by atoms with Crippen molar-refractivity contribution < 1.29 is 62.1 Å². The Morgan fingerprint density at radius 1 is 0.455 bits per heavy atom. The summed E-state index contributed by atoms with van der Waals surface area (Å²) in [7, 11) is 1.75. The Hall–Kier alpha value is -12.3. The highest BCUT2D eigenvalue weighted by Crippen LogP contribution is 2.35. The quantitative estimate of drug-likeness (QED) is 0.0321. The molecule has 6 rings (SSSR count). The maximum atomic E-state index is 13.0. The summed E-state index contributed by atoms with van der Waals surface area (Å²) in [6.07, 6.45) is 2.71. The van der Waals surface area contributed by atoms with E-state index in [2.05, 4.69) is 60.6 Å². The van der Waals surface area contributed by atoms with Crippen LogP contribution in [0.15, 0.2) is 122 Å². The Morgan fingerprint density at radius 3 is 0.960 bits per heavy atom. The number of non-ortho nitro benzene ring substituents is 1. The van der Waals surface area contributed by atoms with E-state index in [0.717, 1.165) is 20.7 Å². The number of ether oxygens (including phenoxy) is 6. The van der Waals surface area contributed by atoms with Crippen LogP contribution in [0.4, 0.5) is 62.9 Å². The number of amides is 6. The molecule has 30 heteroatoms. The van der Waals surface area contributed by atoms with E-state index < -0.39 is 75.1 Å². The second kappa shape index (κ2) is 32.9. The van der Waals surface area contributed by atoms with E-state index >= 15 is 0 Å². The molecule has 0 spiro atoms. The maximum absolute atomic E-state index is 13.0. The molecule has 99 heavy (non-hydrogen) atoms. The number of nitriles is 3. The number of carbonyl (C=O) groups excluding carboxylic acids is 6. The van der Waals surface area contributed by atoms with Crippen LogP contribution in [-0.2, 0) is 28.4 Å².